The summed E-state index contributed by atoms with van der Waals surface area (Å²) in [6, 6.07) is 10.8. The molecule has 1 unspecified atom stereocenters. The third-order valence-electron chi connectivity index (χ3n) is 5.06. The van der Waals surface area contributed by atoms with Gasteiger partial charge in [-0.3, -0.25) is 4.90 Å². The summed E-state index contributed by atoms with van der Waals surface area (Å²) in [5.74, 6) is 0. The lowest BCUT2D eigenvalue weighted by molar-refractivity contribution is 0.231. The van der Waals surface area contributed by atoms with Crippen molar-refractivity contribution in [1.29, 1.82) is 0 Å². The van der Waals surface area contributed by atoms with Gasteiger partial charge in [0.25, 0.3) is 0 Å². The monoisotopic (exact) mass is 271 g/mol. The minimum Gasteiger partial charge on any atom is -0.369 e. The molecule has 1 aliphatic carbocycles. The molecule has 2 aliphatic heterocycles. The summed E-state index contributed by atoms with van der Waals surface area (Å²) in [6.07, 6.45) is 5.51. The molecule has 1 N–H and O–H groups in total. The number of fused-ring (bicyclic) bond motifs is 1. The molecule has 0 amide bonds. The van der Waals surface area contributed by atoms with Crippen molar-refractivity contribution in [3.05, 3.63) is 29.8 Å². The number of nitrogens with zero attached hydrogens (tertiary/aromatic N) is 2. The first kappa shape index (κ1) is 12.7. The Labute approximate surface area is 121 Å². The highest BCUT2D eigenvalue weighted by molar-refractivity contribution is 5.48. The van der Waals surface area contributed by atoms with Crippen molar-refractivity contribution >= 4 is 5.69 Å². The fourth-order valence-electron chi connectivity index (χ4n) is 3.60. The molecule has 3 heteroatoms. The van der Waals surface area contributed by atoms with Gasteiger partial charge in [-0.15, -0.1) is 0 Å². The standard InChI is InChI=1S/C17H25N3/c1-2-17-13-20(11-10-19(17)9-1)16-7-3-14(4-8-16)12-18-15-5-6-15/h3-4,7-8,15,17-18H,1-2,5-6,9-13H2. The van der Waals surface area contributed by atoms with E-state index in [1.54, 1.807) is 0 Å². The quantitative estimate of drug-likeness (QED) is 0.906. The second-order valence-corrected chi connectivity index (χ2v) is 6.60. The normalized spacial score (nSPS) is 26.8. The van der Waals surface area contributed by atoms with Gasteiger partial charge in [-0.2, -0.15) is 0 Å². The smallest absolute Gasteiger partial charge is 0.0367 e. The zero-order chi connectivity index (χ0) is 13.4. The lowest BCUT2D eigenvalue weighted by Gasteiger charge is -2.38. The van der Waals surface area contributed by atoms with E-state index >= 15 is 0 Å². The van der Waals surface area contributed by atoms with Crippen molar-refractivity contribution in [3.63, 3.8) is 0 Å². The Morgan fingerprint density at radius 1 is 1.00 bits per heavy atom. The number of hydrogen-bond donors (Lipinski definition) is 1. The van der Waals surface area contributed by atoms with E-state index in [-0.39, 0.29) is 0 Å². The van der Waals surface area contributed by atoms with Crippen LogP contribution < -0.4 is 10.2 Å². The van der Waals surface area contributed by atoms with E-state index in [0.29, 0.717) is 0 Å². The summed E-state index contributed by atoms with van der Waals surface area (Å²) < 4.78 is 0. The zero-order valence-corrected chi connectivity index (χ0v) is 12.2. The summed E-state index contributed by atoms with van der Waals surface area (Å²) in [5.41, 5.74) is 2.83. The molecule has 0 radical (unpaired) electrons. The van der Waals surface area contributed by atoms with Gasteiger partial charge < -0.3 is 10.2 Å². The first-order valence-electron chi connectivity index (χ1n) is 8.20. The third kappa shape index (κ3) is 2.70. The van der Waals surface area contributed by atoms with Crippen LogP contribution in [0, 0.1) is 0 Å². The molecule has 1 atom stereocenters. The molecule has 0 bridgehead atoms. The van der Waals surface area contributed by atoms with Gasteiger partial charge in [0.1, 0.15) is 0 Å². The van der Waals surface area contributed by atoms with Gasteiger partial charge in [0, 0.05) is 44.0 Å². The highest BCUT2D eigenvalue weighted by atomic mass is 15.3. The minimum atomic E-state index is 0.796. The molecular formula is C17H25N3. The Morgan fingerprint density at radius 3 is 2.65 bits per heavy atom. The van der Waals surface area contributed by atoms with Gasteiger partial charge in [0.15, 0.2) is 0 Å². The van der Waals surface area contributed by atoms with E-state index in [9.17, 15) is 0 Å². The molecule has 3 fully saturated rings. The second kappa shape index (κ2) is 5.38. The summed E-state index contributed by atoms with van der Waals surface area (Å²) in [5, 5.41) is 3.58. The van der Waals surface area contributed by atoms with Crippen LogP contribution in [0.15, 0.2) is 24.3 Å². The van der Waals surface area contributed by atoms with E-state index in [2.05, 4.69) is 39.4 Å². The Hall–Kier alpha value is -1.06. The minimum absolute atomic E-state index is 0.796. The van der Waals surface area contributed by atoms with Crippen LogP contribution in [0.4, 0.5) is 5.69 Å². The molecule has 3 nitrogen and oxygen atoms in total. The van der Waals surface area contributed by atoms with E-state index < -0.39 is 0 Å². The summed E-state index contributed by atoms with van der Waals surface area (Å²) >= 11 is 0. The van der Waals surface area contributed by atoms with Gasteiger partial charge >= 0.3 is 0 Å². The average Bonchev–Trinajstić information content (AvgIpc) is 3.21. The Bertz CT molecular complexity index is 452. The van der Waals surface area contributed by atoms with Gasteiger partial charge in [-0.05, 0) is 49.9 Å². The third-order valence-corrected chi connectivity index (χ3v) is 5.06. The van der Waals surface area contributed by atoms with Crippen LogP contribution in [-0.4, -0.2) is 43.2 Å². The molecule has 0 aromatic heterocycles. The molecule has 1 saturated carbocycles. The summed E-state index contributed by atoms with van der Waals surface area (Å²) in [6.45, 7) is 6.01. The van der Waals surface area contributed by atoms with Gasteiger partial charge in [0.05, 0.1) is 0 Å². The first-order chi connectivity index (χ1) is 9.88. The van der Waals surface area contributed by atoms with Gasteiger partial charge in [0.2, 0.25) is 0 Å². The SMILES string of the molecule is c1cc(N2CCN3CCCC3C2)ccc1CNC1CC1. The fourth-order valence-corrected chi connectivity index (χ4v) is 3.60. The Balaban J connectivity index is 1.37. The maximum absolute atomic E-state index is 3.58. The van der Waals surface area contributed by atoms with Crippen LogP contribution in [0.5, 0.6) is 0 Å². The molecular weight excluding hydrogens is 246 g/mol. The molecule has 3 aliphatic rings. The molecule has 2 saturated heterocycles. The highest BCUT2D eigenvalue weighted by Gasteiger charge is 2.30. The molecule has 20 heavy (non-hydrogen) atoms. The van der Waals surface area contributed by atoms with E-state index in [0.717, 1.165) is 18.6 Å². The van der Waals surface area contributed by atoms with Gasteiger partial charge in [-0.1, -0.05) is 12.1 Å². The maximum Gasteiger partial charge on any atom is 0.0367 e. The number of piperazine rings is 1. The number of anilines is 1. The van der Waals surface area contributed by atoms with Crippen LogP contribution in [0.1, 0.15) is 31.2 Å². The van der Waals surface area contributed by atoms with E-state index in [1.165, 1.54) is 63.1 Å². The summed E-state index contributed by atoms with van der Waals surface area (Å²) in [7, 11) is 0. The van der Waals surface area contributed by atoms with Gasteiger partial charge in [-0.25, -0.2) is 0 Å². The lowest BCUT2D eigenvalue weighted by atomic mass is 10.1. The summed E-state index contributed by atoms with van der Waals surface area (Å²) in [4.78, 5) is 5.25. The predicted octanol–water partition coefficient (Wildman–Crippen LogP) is 2.22. The van der Waals surface area contributed by atoms with Crippen molar-refractivity contribution in [2.75, 3.05) is 31.1 Å². The number of rotatable bonds is 4. The number of benzene rings is 1. The van der Waals surface area contributed by atoms with Crippen LogP contribution in [0.3, 0.4) is 0 Å². The molecule has 108 valence electrons. The Morgan fingerprint density at radius 2 is 1.85 bits per heavy atom. The van der Waals surface area contributed by atoms with Crippen LogP contribution in [-0.2, 0) is 6.54 Å². The number of nitrogens with one attached hydrogen (secondary N) is 1. The molecule has 1 aromatic rings. The van der Waals surface area contributed by atoms with Crippen molar-refractivity contribution in [1.82, 2.24) is 10.2 Å². The fraction of sp³-hybridized carbons (Fsp3) is 0.647. The number of hydrogen-bond acceptors (Lipinski definition) is 3. The van der Waals surface area contributed by atoms with Crippen molar-refractivity contribution in [2.45, 2.75) is 44.3 Å². The van der Waals surface area contributed by atoms with Crippen LogP contribution in [0.25, 0.3) is 0 Å². The molecule has 2 heterocycles. The average molecular weight is 271 g/mol. The Kier molecular flexibility index (Phi) is 3.41. The van der Waals surface area contributed by atoms with Crippen molar-refractivity contribution in [3.8, 4) is 0 Å². The first-order valence-corrected chi connectivity index (χ1v) is 8.20. The van der Waals surface area contributed by atoms with Crippen LogP contribution in [0.2, 0.25) is 0 Å². The second-order valence-electron chi connectivity index (χ2n) is 6.60. The zero-order valence-electron chi connectivity index (χ0n) is 12.2. The highest BCUT2D eigenvalue weighted by Crippen LogP contribution is 2.26. The van der Waals surface area contributed by atoms with E-state index in [4.69, 9.17) is 0 Å². The van der Waals surface area contributed by atoms with Crippen molar-refractivity contribution < 1.29 is 0 Å². The largest absolute Gasteiger partial charge is 0.369 e. The topological polar surface area (TPSA) is 18.5 Å². The van der Waals surface area contributed by atoms with Crippen molar-refractivity contribution in [2.24, 2.45) is 0 Å². The maximum atomic E-state index is 3.58. The molecule has 1 aromatic carbocycles. The van der Waals surface area contributed by atoms with E-state index in [1.807, 2.05) is 0 Å². The molecule has 0 spiro atoms. The lowest BCUT2D eigenvalue weighted by Crippen LogP contribution is -2.50. The molecule has 4 rings (SSSR count). The van der Waals surface area contributed by atoms with Crippen LogP contribution >= 0.6 is 0 Å². The predicted molar refractivity (Wildman–Crippen MR) is 83.1 cm³/mol.